The van der Waals surface area contributed by atoms with Crippen molar-refractivity contribution in [3.63, 3.8) is 0 Å². The lowest BCUT2D eigenvalue weighted by molar-refractivity contribution is -0.155. The summed E-state index contributed by atoms with van der Waals surface area (Å²) in [5.74, 6) is 0.374. The van der Waals surface area contributed by atoms with Crippen LogP contribution in [0, 0.1) is 6.92 Å². The van der Waals surface area contributed by atoms with Crippen LogP contribution in [0.15, 0.2) is 190 Å². The predicted octanol–water partition coefficient (Wildman–Crippen LogP) is 9.08. The van der Waals surface area contributed by atoms with E-state index in [1.54, 1.807) is 25.3 Å². The van der Waals surface area contributed by atoms with Crippen molar-refractivity contribution >= 4 is 39.6 Å². The van der Waals surface area contributed by atoms with E-state index in [1.165, 1.54) is 17.0 Å². The molecule has 6 aromatic carbocycles. The Morgan fingerprint density at radius 3 is 2.04 bits per heavy atom. The van der Waals surface area contributed by atoms with Crippen LogP contribution < -0.4 is 25.0 Å². The van der Waals surface area contributed by atoms with Crippen LogP contribution in [-0.4, -0.2) is 57.8 Å². The summed E-state index contributed by atoms with van der Waals surface area (Å²) in [5, 5.41) is 2.64. The lowest BCUT2D eigenvalue weighted by Crippen LogP contribution is -2.73. The van der Waals surface area contributed by atoms with Gasteiger partial charge >= 0.3 is 5.97 Å². The van der Waals surface area contributed by atoms with Crippen molar-refractivity contribution in [3.05, 3.63) is 219 Å². The molecule has 350 valence electrons. The highest BCUT2D eigenvalue weighted by Crippen LogP contribution is 2.43. The Morgan fingerprint density at radius 1 is 0.714 bits per heavy atom. The molecule has 70 heavy (non-hydrogen) atoms. The molecule has 1 unspecified atom stereocenters. The van der Waals surface area contributed by atoms with E-state index in [4.69, 9.17) is 23.4 Å². The Labute approximate surface area is 405 Å². The molecule has 0 spiro atoms. The zero-order chi connectivity index (χ0) is 48.3. The monoisotopic (exact) mass is 950 g/mol. The minimum Gasteiger partial charge on any atom is -0.497 e. The van der Waals surface area contributed by atoms with Gasteiger partial charge in [-0.15, -0.1) is 0 Å². The average molecular weight is 951 g/mol. The van der Waals surface area contributed by atoms with Crippen molar-refractivity contribution in [2.45, 2.75) is 37.5 Å². The maximum atomic E-state index is 14.5. The maximum Gasteiger partial charge on any atom is 0.356 e. The van der Waals surface area contributed by atoms with Crippen LogP contribution in [0.5, 0.6) is 17.2 Å². The molecule has 10 rings (SSSR count). The number of methoxy groups -OCH3 is 1. The second-order valence-corrected chi connectivity index (χ2v) is 18.6. The van der Waals surface area contributed by atoms with Gasteiger partial charge in [-0.25, -0.2) is 4.79 Å². The number of nitrogens with one attached hydrogen (secondary N) is 1. The molecule has 0 bridgehead atoms. The molecule has 1 aliphatic carbocycles. The molecular weight excluding hydrogens is 905 g/mol. The number of β-lactam (4-membered cyclic amide) rings is 1. The minimum absolute atomic E-state index is 0.0312. The third kappa shape index (κ3) is 9.31. The Kier molecular flexibility index (Phi) is 12.8. The summed E-state index contributed by atoms with van der Waals surface area (Å²) in [6.07, 6.45) is -0.788. The summed E-state index contributed by atoms with van der Waals surface area (Å²) in [7, 11) is -0.0726. The van der Waals surface area contributed by atoms with Gasteiger partial charge in [-0.05, 0) is 88.8 Å². The van der Waals surface area contributed by atoms with Crippen molar-refractivity contribution in [1.29, 1.82) is 0 Å². The van der Waals surface area contributed by atoms with Gasteiger partial charge in [0.1, 0.15) is 58.9 Å². The van der Waals surface area contributed by atoms with Gasteiger partial charge in [-0.2, -0.15) is 0 Å². The van der Waals surface area contributed by atoms with Gasteiger partial charge < -0.3 is 28.7 Å². The first kappa shape index (κ1) is 45.5. The minimum atomic E-state index is -1.70. The molecule has 13 heteroatoms. The maximum absolute atomic E-state index is 14.5. The predicted molar refractivity (Wildman–Crippen MR) is 266 cm³/mol. The second kappa shape index (κ2) is 19.7. The van der Waals surface area contributed by atoms with Gasteiger partial charge in [0.2, 0.25) is 5.91 Å². The van der Waals surface area contributed by atoms with Crippen LogP contribution in [0.3, 0.4) is 0 Å². The third-order valence-corrected chi connectivity index (χ3v) is 14.1. The molecule has 3 aliphatic heterocycles. The lowest BCUT2D eigenvalue weighted by Gasteiger charge is -2.49. The van der Waals surface area contributed by atoms with E-state index in [2.05, 4.69) is 5.32 Å². The summed E-state index contributed by atoms with van der Waals surface area (Å²) >= 11 is 0. The molecule has 3 atom stereocenters. The number of carbonyl (C=O) groups is 3. The molecule has 12 nitrogen and oxygen atoms in total. The molecule has 1 N–H and O–H groups in total. The van der Waals surface area contributed by atoms with E-state index in [0.29, 0.717) is 28.4 Å². The first-order valence-electron chi connectivity index (χ1n) is 22.7. The number of benzene rings is 7. The highest BCUT2D eigenvalue weighted by atomic mass is 32.2. The fraction of sp³-hybridized carbons (Fsp3) is 0.158. The molecule has 3 heterocycles. The number of esters is 1. The highest BCUT2D eigenvalue weighted by molar-refractivity contribution is 7.86. The van der Waals surface area contributed by atoms with Gasteiger partial charge in [-0.1, -0.05) is 109 Å². The zero-order valence-corrected chi connectivity index (χ0v) is 39.0. The quantitative estimate of drug-likeness (QED) is 0.0599. The first-order valence-corrected chi connectivity index (χ1v) is 24.1. The summed E-state index contributed by atoms with van der Waals surface area (Å²) in [4.78, 5) is 55.3. The Bertz CT molecular complexity index is 3300. The zero-order valence-electron chi connectivity index (χ0n) is 38.2. The number of rotatable bonds is 15. The van der Waals surface area contributed by atoms with Crippen LogP contribution in [0.25, 0.3) is 33.4 Å². The highest BCUT2D eigenvalue weighted by Gasteiger charge is 2.57. The van der Waals surface area contributed by atoms with Crippen LogP contribution in [0.4, 0.5) is 0 Å². The third-order valence-electron chi connectivity index (χ3n) is 12.5. The van der Waals surface area contributed by atoms with E-state index in [9.17, 15) is 23.4 Å². The van der Waals surface area contributed by atoms with Crippen LogP contribution in [0.2, 0.25) is 0 Å². The topological polar surface area (TPSA) is 151 Å². The summed E-state index contributed by atoms with van der Waals surface area (Å²) < 4.78 is 44.5. The fourth-order valence-electron chi connectivity index (χ4n) is 9.00. The number of fused-ring (bicyclic) bond motifs is 3. The first-order chi connectivity index (χ1) is 34.1. The van der Waals surface area contributed by atoms with Gasteiger partial charge in [-0.3, -0.25) is 23.5 Å². The largest absolute Gasteiger partial charge is 0.497 e. The van der Waals surface area contributed by atoms with E-state index in [1.807, 2.05) is 146 Å². The van der Waals surface area contributed by atoms with Crippen molar-refractivity contribution in [3.8, 4) is 39.7 Å². The standard InChI is InChI=1S/C57H46N2O10S/c1-35-28-43(65-2)23-26-45(35)51-46-25-20-41(60)30-48(46)68-49-31-44(24-27-47(49)51)66-32-37-18-21-42(22-19-37)67-33-40-34-70(64)56-52(58-50(61)29-36-12-6-3-7-13-36)55(62)59(56)53(40)57(63)69-54(38-14-8-4-9-15-38)39-16-10-5-11-17-39/h3-28,30-31,52,54,56H,29,32-34H2,1-2H3,(H,58,61)/t52-,56-,70?/m1/s1. The van der Waals surface area contributed by atoms with Crippen molar-refractivity contribution in [2.24, 2.45) is 0 Å². The van der Waals surface area contributed by atoms with E-state index in [-0.39, 0.29) is 36.5 Å². The van der Waals surface area contributed by atoms with Gasteiger partial charge in [0.15, 0.2) is 11.5 Å². The van der Waals surface area contributed by atoms with E-state index >= 15 is 0 Å². The second-order valence-electron chi connectivity index (χ2n) is 17.1. The van der Waals surface area contributed by atoms with Crippen molar-refractivity contribution in [2.75, 3.05) is 19.5 Å². The van der Waals surface area contributed by atoms with Crippen molar-refractivity contribution in [1.82, 2.24) is 10.2 Å². The number of carbonyl (C=O) groups excluding carboxylic acids is 3. The summed E-state index contributed by atoms with van der Waals surface area (Å²) in [6.45, 7) is 2.06. The Hall–Kier alpha value is -8.29. The molecule has 2 amide bonds. The number of amides is 2. The molecule has 0 saturated carbocycles. The number of ether oxygens (including phenoxy) is 4. The van der Waals surface area contributed by atoms with Crippen LogP contribution in [0.1, 0.15) is 33.9 Å². The van der Waals surface area contributed by atoms with Gasteiger partial charge in [0, 0.05) is 34.2 Å². The van der Waals surface area contributed by atoms with Crippen LogP contribution in [-0.2, 0) is 42.9 Å². The van der Waals surface area contributed by atoms with Gasteiger partial charge in [0.25, 0.3) is 5.91 Å². The average Bonchev–Trinajstić information content (AvgIpc) is 3.38. The lowest BCUT2D eigenvalue weighted by atomic mass is 9.91. The molecule has 6 aromatic rings. The van der Waals surface area contributed by atoms with Gasteiger partial charge in [0.05, 0.1) is 30.1 Å². The number of aryl methyl sites for hydroxylation is 1. The smallest absolute Gasteiger partial charge is 0.356 e. The Morgan fingerprint density at radius 2 is 1.36 bits per heavy atom. The van der Waals surface area contributed by atoms with E-state index in [0.717, 1.165) is 55.6 Å². The Balaban J connectivity index is 0.877. The number of nitrogens with zero attached hydrogens (tertiary/aromatic N) is 1. The molecule has 0 aromatic heterocycles. The molecule has 1 fully saturated rings. The molecule has 0 radical (unpaired) electrons. The summed E-state index contributed by atoms with van der Waals surface area (Å²) in [6, 6.07) is 50.2. The van der Waals surface area contributed by atoms with Crippen molar-refractivity contribution < 1.29 is 42.0 Å². The number of hydrogen-bond acceptors (Lipinski definition) is 10. The number of hydrogen-bond donors (Lipinski definition) is 1. The molecule has 4 aliphatic rings. The van der Waals surface area contributed by atoms with Crippen LogP contribution >= 0.6 is 0 Å². The fourth-order valence-corrected chi connectivity index (χ4v) is 10.7. The SMILES string of the molecule is COc1ccc(-c2c3ccc(=O)cc-3oc3cc(OCc4ccc(OCC5=C(C(=O)OC(c6ccccc6)c6ccccc6)N6C(=O)[C@@H](NC(=O)Cc7ccccc7)[C@H]6S(=O)C5)cc4)ccc23)c(C)c1. The molecular formula is C57H46N2O10S. The van der Waals surface area contributed by atoms with E-state index < -0.39 is 46.1 Å². The summed E-state index contributed by atoms with van der Waals surface area (Å²) in [5.41, 5.74) is 7.43. The normalized spacial score (nSPS) is 16.4. The molecule has 1 saturated heterocycles.